The van der Waals surface area contributed by atoms with E-state index >= 15 is 0 Å². The van der Waals surface area contributed by atoms with Gasteiger partial charge in [-0.2, -0.15) is 11.8 Å². The second kappa shape index (κ2) is 7.33. The first-order valence-corrected chi connectivity index (χ1v) is 7.77. The molecule has 4 nitrogen and oxygen atoms in total. The number of carboxylic acid groups (broad SMARTS) is 1. The lowest BCUT2D eigenvalue weighted by molar-refractivity contribution is -0.145. The van der Waals surface area contributed by atoms with Gasteiger partial charge >= 0.3 is 5.97 Å². The SMILES string of the molecule is CSC(C)CNC(=O)CC(C)(C(=O)O)c1ccccc1. The van der Waals surface area contributed by atoms with Gasteiger partial charge in [0.1, 0.15) is 0 Å². The van der Waals surface area contributed by atoms with Crippen LogP contribution in [0.5, 0.6) is 0 Å². The minimum Gasteiger partial charge on any atom is -0.481 e. The maximum atomic E-state index is 12.0. The van der Waals surface area contributed by atoms with Crippen LogP contribution in [-0.2, 0) is 15.0 Å². The van der Waals surface area contributed by atoms with E-state index in [2.05, 4.69) is 5.32 Å². The van der Waals surface area contributed by atoms with Crippen molar-refractivity contribution in [2.75, 3.05) is 12.8 Å². The molecule has 2 unspecified atom stereocenters. The molecule has 0 fully saturated rings. The molecule has 20 heavy (non-hydrogen) atoms. The zero-order valence-electron chi connectivity index (χ0n) is 12.1. The van der Waals surface area contributed by atoms with Gasteiger partial charge in [-0.1, -0.05) is 37.3 Å². The number of benzene rings is 1. The highest BCUT2D eigenvalue weighted by Gasteiger charge is 2.37. The van der Waals surface area contributed by atoms with Gasteiger partial charge in [0.25, 0.3) is 0 Å². The highest BCUT2D eigenvalue weighted by Crippen LogP contribution is 2.27. The van der Waals surface area contributed by atoms with Crippen molar-refractivity contribution >= 4 is 23.6 Å². The van der Waals surface area contributed by atoms with Gasteiger partial charge < -0.3 is 10.4 Å². The Labute approximate surface area is 124 Å². The number of thioether (sulfide) groups is 1. The van der Waals surface area contributed by atoms with Gasteiger partial charge in [0.2, 0.25) is 5.91 Å². The summed E-state index contributed by atoms with van der Waals surface area (Å²) in [5.41, 5.74) is -0.561. The molecule has 1 amide bonds. The van der Waals surface area contributed by atoms with Crippen molar-refractivity contribution in [1.82, 2.24) is 5.32 Å². The van der Waals surface area contributed by atoms with Crippen LogP contribution in [-0.4, -0.2) is 35.0 Å². The molecule has 0 aliphatic rings. The summed E-state index contributed by atoms with van der Waals surface area (Å²) in [7, 11) is 0. The zero-order chi connectivity index (χ0) is 15.2. The fraction of sp³-hybridized carbons (Fsp3) is 0.467. The van der Waals surface area contributed by atoms with Gasteiger partial charge in [-0.3, -0.25) is 9.59 Å². The Kier molecular flexibility index (Phi) is 6.07. The molecule has 1 rings (SSSR count). The van der Waals surface area contributed by atoms with Crippen LogP contribution >= 0.6 is 11.8 Å². The average Bonchev–Trinajstić information content (AvgIpc) is 2.45. The van der Waals surface area contributed by atoms with E-state index in [4.69, 9.17) is 0 Å². The summed E-state index contributed by atoms with van der Waals surface area (Å²) in [6.45, 7) is 4.14. The Hall–Kier alpha value is -1.49. The summed E-state index contributed by atoms with van der Waals surface area (Å²) in [5.74, 6) is -1.23. The van der Waals surface area contributed by atoms with E-state index in [0.717, 1.165) is 0 Å². The number of hydrogen-bond donors (Lipinski definition) is 2. The second-order valence-electron chi connectivity index (χ2n) is 5.03. The number of amides is 1. The first-order valence-electron chi connectivity index (χ1n) is 6.48. The van der Waals surface area contributed by atoms with Crippen LogP contribution in [0.15, 0.2) is 30.3 Å². The summed E-state index contributed by atoms with van der Waals surface area (Å²) in [6, 6.07) is 8.87. The van der Waals surface area contributed by atoms with Gasteiger partial charge in [0.15, 0.2) is 0 Å². The number of carboxylic acids is 1. The molecule has 5 heteroatoms. The van der Waals surface area contributed by atoms with E-state index in [-0.39, 0.29) is 12.3 Å². The van der Waals surface area contributed by atoms with Crippen LogP contribution in [0.2, 0.25) is 0 Å². The fourth-order valence-electron chi connectivity index (χ4n) is 1.83. The Balaban J connectivity index is 2.78. The molecule has 0 aromatic heterocycles. The van der Waals surface area contributed by atoms with Crippen molar-refractivity contribution < 1.29 is 14.7 Å². The third-order valence-corrected chi connectivity index (χ3v) is 4.36. The first kappa shape index (κ1) is 16.6. The van der Waals surface area contributed by atoms with Crippen molar-refractivity contribution in [3.05, 3.63) is 35.9 Å². The topological polar surface area (TPSA) is 66.4 Å². The van der Waals surface area contributed by atoms with Gasteiger partial charge in [-0.25, -0.2) is 0 Å². The Bertz CT molecular complexity index is 463. The number of carbonyl (C=O) groups is 2. The summed E-state index contributed by atoms with van der Waals surface area (Å²) in [5, 5.41) is 12.6. The average molecular weight is 295 g/mol. The highest BCUT2D eigenvalue weighted by atomic mass is 32.2. The molecule has 2 N–H and O–H groups in total. The molecule has 2 atom stereocenters. The van der Waals surface area contributed by atoms with Crippen molar-refractivity contribution in [1.29, 1.82) is 0 Å². The Morgan fingerprint density at radius 2 is 1.95 bits per heavy atom. The summed E-state index contributed by atoms with van der Waals surface area (Å²) < 4.78 is 0. The fourth-order valence-corrected chi connectivity index (χ4v) is 2.08. The number of rotatable bonds is 7. The number of aliphatic carboxylic acids is 1. The Morgan fingerprint density at radius 3 is 2.45 bits per heavy atom. The first-order chi connectivity index (χ1) is 9.40. The zero-order valence-corrected chi connectivity index (χ0v) is 12.9. The Morgan fingerprint density at radius 1 is 1.35 bits per heavy atom. The van der Waals surface area contributed by atoms with Crippen molar-refractivity contribution in [3.63, 3.8) is 0 Å². The maximum absolute atomic E-state index is 12.0. The molecule has 1 aromatic rings. The second-order valence-corrected chi connectivity index (χ2v) is 6.31. The molecule has 0 radical (unpaired) electrons. The number of carbonyl (C=O) groups excluding carboxylic acids is 1. The van der Waals surface area contributed by atoms with E-state index in [1.807, 2.05) is 19.2 Å². The predicted molar refractivity (Wildman–Crippen MR) is 82.0 cm³/mol. The molecule has 0 saturated carbocycles. The summed E-state index contributed by atoms with van der Waals surface area (Å²) in [6.07, 6.45) is 1.91. The van der Waals surface area contributed by atoms with Crippen LogP contribution in [0.4, 0.5) is 0 Å². The summed E-state index contributed by atoms with van der Waals surface area (Å²) in [4.78, 5) is 23.5. The molecule has 0 spiro atoms. The summed E-state index contributed by atoms with van der Waals surface area (Å²) >= 11 is 1.66. The van der Waals surface area contributed by atoms with Crippen LogP contribution in [0.3, 0.4) is 0 Å². The standard InChI is InChI=1S/C15H21NO3S/c1-11(20-3)10-16-13(17)9-15(2,14(18)19)12-7-5-4-6-8-12/h4-8,11H,9-10H2,1-3H3,(H,16,17)(H,18,19). The predicted octanol–water partition coefficient (Wildman–Crippen LogP) is 2.29. The quantitative estimate of drug-likeness (QED) is 0.810. The molecule has 110 valence electrons. The van der Waals surface area contributed by atoms with Gasteiger partial charge in [-0.05, 0) is 18.7 Å². The van der Waals surface area contributed by atoms with Crippen molar-refractivity contribution in [2.24, 2.45) is 0 Å². The lowest BCUT2D eigenvalue weighted by Crippen LogP contribution is -2.40. The highest BCUT2D eigenvalue weighted by molar-refractivity contribution is 7.99. The largest absolute Gasteiger partial charge is 0.481 e. The maximum Gasteiger partial charge on any atom is 0.314 e. The molecule has 0 saturated heterocycles. The molecule has 0 heterocycles. The molecule has 0 aliphatic carbocycles. The van der Waals surface area contributed by atoms with E-state index in [0.29, 0.717) is 17.4 Å². The molecule has 0 aliphatic heterocycles. The normalized spacial score (nSPS) is 15.2. The lowest BCUT2D eigenvalue weighted by atomic mass is 9.79. The van der Waals surface area contributed by atoms with Crippen molar-refractivity contribution in [2.45, 2.75) is 30.9 Å². The van der Waals surface area contributed by atoms with Crippen LogP contribution in [0.25, 0.3) is 0 Å². The van der Waals surface area contributed by atoms with E-state index < -0.39 is 11.4 Å². The molecular formula is C15H21NO3S. The molecule has 0 bridgehead atoms. The van der Waals surface area contributed by atoms with E-state index in [9.17, 15) is 14.7 Å². The smallest absolute Gasteiger partial charge is 0.314 e. The van der Waals surface area contributed by atoms with Gasteiger partial charge in [-0.15, -0.1) is 0 Å². The third kappa shape index (κ3) is 4.27. The van der Waals surface area contributed by atoms with E-state index in [1.165, 1.54) is 0 Å². The molecular weight excluding hydrogens is 274 g/mol. The van der Waals surface area contributed by atoms with Gasteiger partial charge in [0.05, 0.1) is 5.41 Å². The number of hydrogen-bond acceptors (Lipinski definition) is 3. The third-order valence-electron chi connectivity index (χ3n) is 3.39. The van der Waals surface area contributed by atoms with E-state index in [1.54, 1.807) is 43.0 Å². The monoisotopic (exact) mass is 295 g/mol. The lowest BCUT2D eigenvalue weighted by Gasteiger charge is -2.25. The minimum absolute atomic E-state index is 0.0621. The van der Waals surface area contributed by atoms with Gasteiger partial charge in [0, 0.05) is 18.2 Å². The minimum atomic E-state index is -1.20. The number of nitrogens with one attached hydrogen (secondary N) is 1. The van der Waals surface area contributed by atoms with Crippen molar-refractivity contribution in [3.8, 4) is 0 Å². The van der Waals surface area contributed by atoms with Crippen LogP contribution in [0.1, 0.15) is 25.8 Å². The van der Waals surface area contributed by atoms with Crippen LogP contribution in [0, 0.1) is 0 Å². The van der Waals surface area contributed by atoms with Crippen LogP contribution < -0.4 is 5.32 Å². The molecule has 1 aromatic carbocycles.